The van der Waals surface area contributed by atoms with Crippen molar-refractivity contribution >= 4 is 16.0 Å². The molecule has 0 bridgehead atoms. The molecular formula is C17H24F3N3O5S. The first-order valence-corrected chi connectivity index (χ1v) is 10.8. The number of carbonyl (C=O) groups is 1. The number of likely N-dealkylation sites (tertiary alicyclic amines) is 1. The van der Waals surface area contributed by atoms with Crippen LogP contribution in [0.3, 0.4) is 0 Å². The molecule has 0 saturated carbocycles. The summed E-state index contributed by atoms with van der Waals surface area (Å²) in [5.74, 6) is -2.76. The highest BCUT2D eigenvalue weighted by molar-refractivity contribution is 7.88. The van der Waals surface area contributed by atoms with Gasteiger partial charge in [0.05, 0.1) is 18.5 Å². The number of nitrogens with one attached hydrogen (secondary N) is 1. The molecule has 0 radical (unpaired) electrons. The van der Waals surface area contributed by atoms with Gasteiger partial charge in [0.15, 0.2) is 0 Å². The minimum absolute atomic E-state index is 0.0835. The first-order chi connectivity index (χ1) is 13.4. The molecule has 2 saturated heterocycles. The van der Waals surface area contributed by atoms with Gasteiger partial charge < -0.3 is 9.84 Å². The topological polar surface area (TPSA) is 109 Å². The molecule has 1 aromatic rings. The minimum Gasteiger partial charge on any atom is -0.475 e. The second-order valence-electron chi connectivity index (χ2n) is 7.23. The molecule has 2 aliphatic heterocycles. The molecule has 1 atom stereocenters. The van der Waals surface area contributed by atoms with E-state index in [0.29, 0.717) is 6.61 Å². The lowest BCUT2D eigenvalue weighted by molar-refractivity contribution is -0.192. The Kier molecular flexibility index (Phi) is 7.60. The molecule has 1 spiro atoms. The Bertz CT molecular complexity index is 781. The molecule has 1 unspecified atom stereocenters. The largest absolute Gasteiger partial charge is 0.490 e. The van der Waals surface area contributed by atoms with Crippen molar-refractivity contribution in [2.75, 3.05) is 26.0 Å². The van der Waals surface area contributed by atoms with Crippen molar-refractivity contribution in [2.24, 2.45) is 0 Å². The van der Waals surface area contributed by atoms with Gasteiger partial charge in [0, 0.05) is 38.1 Å². The van der Waals surface area contributed by atoms with Crippen LogP contribution in [-0.2, 0) is 26.1 Å². The maximum Gasteiger partial charge on any atom is 0.490 e. The van der Waals surface area contributed by atoms with E-state index in [1.165, 1.54) is 11.8 Å². The smallest absolute Gasteiger partial charge is 0.475 e. The molecule has 3 heterocycles. The first-order valence-electron chi connectivity index (χ1n) is 8.91. The van der Waals surface area contributed by atoms with Crippen LogP contribution in [0, 0.1) is 0 Å². The van der Waals surface area contributed by atoms with Crippen LogP contribution >= 0.6 is 0 Å². The van der Waals surface area contributed by atoms with Gasteiger partial charge in [-0.25, -0.2) is 17.9 Å². The zero-order valence-electron chi connectivity index (χ0n) is 15.9. The number of sulfonamides is 1. The number of hydrogen-bond donors (Lipinski definition) is 2. The average Bonchev–Trinajstić information content (AvgIpc) is 2.98. The van der Waals surface area contributed by atoms with E-state index in [4.69, 9.17) is 14.6 Å². The molecular weight excluding hydrogens is 415 g/mol. The predicted octanol–water partition coefficient (Wildman–Crippen LogP) is 1.39. The zero-order chi connectivity index (χ0) is 21.7. The number of nitrogens with zero attached hydrogens (tertiary/aromatic N) is 2. The van der Waals surface area contributed by atoms with Gasteiger partial charge in [-0.1, -0.05) is 6.07 Å². The maximum absolute atomic E-state index is 11.3. The number of carboxylic acid groups (broad SMARTS) is 1. The van der Waals surface area contributed by atoms with Crippen molar-refractivity contribution in [3.05, 3.63) is 30.1 Å². The Hall–Kier alpha value is -1.76. The van der Waals surface area contributed by atoms with E-state index in [9.17, 15) is 21.6 Å². The van der Waals surface area contributed by atoms with Crippen LogP contribution in [0.1, 0.15) is 24.8 Å². The van der Waals surface area contributed by atoms with Crippen LogP contribution in [0.2, 0.25) is 0 Å². The Labute approximate surface area is 167 Å². The second-order valence-corrected chi connectivity index (χ2v) is 9.01. The summed E-state index contributed by atoms with van der Waals surface area (Å²) in [5, 5.41) is 7.12. The summed E-state index contributed by atoms with van der Waals surface area (Å²) in [6, 6.07) is 3.97. The fourth-order valence-corrected chi connectivity index (χ4v) is 4.20. The number of halogens is 3. The van der Waals surface area contributed by atoms with Crippen LogP contribution < -0.4 is 4.72 Å². The molecule has 2 aliphatic rings. The highest BCUT2D eigenvalue weighted by atomic mass is 32.2. The van der Waals surface area contributed by atoms with Crippen LogP contribution in [0.4, 0.5) is 13.2 Å². The third-order valence-corrected chi connectivity index (χ3v) is 5.49. The third-order valence-electron chi connectivity index (χ3n) is 4.73. The highest BCUT2D eigenvalue weighted by Crippen LogP contribution is 2.36. The third kappa shape index (κ3) is 7.88. The number of pyridine rings is 1. The van der Waals surface area contributed by atoms with Crippen molar-refractivity contribution in [3.63, 3.8) is 0 Å². The molecule has 2 N–H and O–H groups in total. The monoisotopic (exact) mass is 439 g/mol. The fourth-order valence-electron chi connectivity index (χ4n) is 3.44. The highest BCUT2D eigenvalue weighted by Gasteiger charge is 2.43. The number of carboxylic acids is 1. The quantitative estimate of drug-likeness (QED) is 0.730. The molecule has 0 amide bonds. The van der Waals surface area contributed by atoms with Crippen LogP contribution in [-0.4, -0.2) is 73.1 Å². The molecule has 2 fully saturated rings. The zero-order valence-corrected chi connectivity index (χ0v) is 16.7. The number of aliphatic carboxylic acids is 1. The Morgan fingerprint density at radius 3 is 2.52 bits per heavy atom. The lowest BCUT2D eigenvalue weighted by atomic mass is 9.87. The standard InChI is InChI=1S/C15H23N3O3S.C2HF3O2/c1-22(19,20)17-14-9-15(21-12-14)4-7-18(8-5-15)11-13-3-2-6-16-10-13;3-2(4,5)1(6)7/h2-3,6,10,14,17H,4-5,7-9,11-12H2,1H3;(H,6,7). The molecule has 1 aromatic heterocycles. The molecule has 0 aromatic carbocycles. The Balaban J connectivity index is 0.000000370. The van der Waals surface area contributed by atoms with Crippen LogP contribution in [0.15, 0.2) is 24.5 Å². The van der Waals surface area contributed by atoms with Crippen molar-refractivity contribution < 1.29 is 36.2 Å². The van der Waals surface area contributed by atoms with Crippen LogP contribution in [0.5, 0.6) is 0 Å². The summed E-state index contributed by atoms with van der Waals surface area (Å²) in [6.45, 7) is 3.34. The summed E-state index contributed by atoms with van der Waals surface area (Å²) in [5.41, 5.74) is 1.08. The summed E-state index contributed by atoms with van der Waals surface area (Å²) in [6.07, 6.45) is 2.50. The number of hydrogen-bond acceptors (Lipinski definition) is 6. The van der Waals surface area contributed by atoms with Gasteiger partial charge in [-0.2, -0.15) is 13.2 Å². The van der Waals surface area contributed by atoms with E-state index in [1.54, 1.807) is 6.20 Å². The number of rotatable bonds is 4. The summed E-state index contributed by atoms with van der Waals surface area (Å²) in [7, 11) is -3.16. The van der Waals surface area contributed by atoms with E-state index in [2.05, 4.69) is 20.7 Å². The van der Waals surface area contributed by atoms with E-state index >= 15 is 0 Å². The lowest BCUT2D eigenvalue weighted by Crippen LogP contribution is -2.44. The van der Waals surface area contributed by atoms with Crippen LogP contribution in [0.25, 0.3) is 0 Å². The molecule has 8 nitrogen and oxygen atoms in total. The van der Waals surface area contributed by atoms with Crippen molar-refractivity contribution in [1.29, 1.82) is 0 Å². The van der Waals surface area contributed by atoms with Gasteiger partial charge in [-0.3, -0.25) is 9.88 Å². The number of piperidine rings is 1. The first kappa shape index (κ1) is 23.5. The summed E-state index contributed by atoms with van der Waals surface area (Å²) in [4.78, 5) is 15.5. The minimum atomic E-state index is -5.08. The van der Waals surface area contributed by atoms with Crippen molar-refractivity contribution in [3.8, 4) is 0 Å². The summed E-state index contributed by atoms with van der Waals surface area (Å²) >= 11 is 0. The van der Waals surface area contributed by atoms with Gasteiger partial charge in [0.2, 0.25) is 10.0 Å². The van der Waals surface area contributed by atoms with Crippen molar-refractivity contribution in [1.82, 2.24) is 14.6 Å². The van der Waals surface area contributed by atoms with Gasteiger partial charge in [0.25, 0.3) is 0 Å². The van der Waals surface area contributed by atoms with Crippen molar-refractivity contribution in [2.45, 2.75) is 43.6 Å². The fraction of sp³-hybridized carbons (Fsp3) is 0.647. The number of alkyl halides is 3. The molecule has 12 heteroatoms. The molecule has 29 heavy (non-hydrogen) atoms. The van der Waals surface area contributed by atoms with E-state index < -0.39 is 22.2 Å². The Morgan fingerprint density at radius 1 is 1.41 bits per heavy atom. The predicted molar refractivity (Wildman–Crippen MR) is 97.5 cm³/mol. The van der Waals surface area contributed by atoms with Gasteiger partial charge >= 0.3 is 12.1 Å². The van der Waals surface area contributed by atoms with Gasteiger partial charge in [-0.15, -0.1) is 0 Å². The second kappa shape index (κ2) is 9.37. The Morgan fingerprint density at radius 2 is 2.03 bits per heavy atom. The molecule has 164 valence electrons. The summed E-state index contributed by atoms with van der Waals surface area (Å²) < 4.78 is 63.0. The molecule has 0 aliphatic carbocycles. The maximum atomic E-state index is 11.3. The normalized spacial score (nSPS) is 22.1. The van der Waals surface area contributed by atoms with E-state index in [1.807, 2.05) is 12.3 Å². The lowest BCUT2D eigenvalue weighted by Gasteiger charge is -2.38. The number of aromatic nitrogens is 1. The molecule has 3 rings (SSSR count). The van der Waals surface area contributed by atoms with Gasteiger partial charge in [0.1, 0.15) is 0 Å². The van der Waals surface area contributed by atoms with Gasteiger partial charge in [-0.05, 0) is 30.9 Å². The average molecular weight is 439 g/mol. The SMILES string of the molecule is CS(=O)(=O)NC1COC2(CCN(Cc3cccnc3)CC2)C1.O=C(O)C(F)(F)F. The van der Waals surface area contributed by atoms with E-state index in [-0.39, 0.29) is 11.6 Å². The number of ether oxygens (including phenoxy) is 1. The van der Waals surface area contributed by atoms with E-state index in [0.717, 1.165) is 38.9 Å².